The maximum atomic E-state index is 11.8. The Morgan fingerprint density at radius 2 is 1.64 bits per heavy atom. The SMILES string of the molecule is CCc1[nH]c2nc(Sc3cnc4cccnc4c3)nc(N3C[C@@H]4[C@H](C3)C4(N)C(N)=O)c2c1Cl.O=C(O)C(F)(F)F.O=C(O)C(F)(F)F. The van der Waals surface area contributed by atoms with Gasteiger partial charge in [-0.3, -0.25) is 14.8 Å². The fraction of sp³-hybridized carbons (Fsp3) is 0.346. The van der Waals surface area contributed by atoms with Crippen molar-refractivity contribution in [3.63, 3.8) is 0 Å². The first-order valence-electron chi connectivity index (χ1n) is 13.2. The number of hydrogen-bond acceptors (Lipinski definition) is 10. The highest BCUT2D eigenvalue weighted by Crippen LogP contribution is 2.54. The topological polar surface area (TPSA) is 214 Å². The fourth-order valence-electron chi connectivity index (χ4n) is 4.89. The van der Waals surface area contributed by atoms with Gasteiger partial charge in [-0.1, -0.05) is 18.5 Å². The van der Waals surface area contributed by atoms with Gasteiger partial charge in [0.25, 0.3) is 0 Å². The zero-order chi connectivity index (χ0) is 35.1. The minimum absolute atomic E-state index is 0.0234. The average molecular weight is 709 g/mol. The monoisotopic (exact) mass is 708 g/mol. The van der Waals surface area contributed by atoms with Gasteiger partial charge in [0.2, 0.25) is 5.91 Å². The summed E-state index contributed by atoms with van der Waals surface area (Å²) in [6, 6.07) is 5.76. The number of aliphatic carboxylic acids is 2. The summed E-state index contributed by atoms with van der Waals surface area (Å²) < 4.78 is 63.5. The van der Waals surface area contributed by atoms with E-state index in [4.69, 9.17) is 52.8 Å². The number of fused-ring (bicyclic) bond motifs is 3. The van der Waals surface area contributed by atoms with Gasteiger partial charge in [0, 0.05) is 47.9 Å². The zero-order valence-electron chi connectivity index (χ0n) is 23.7. The van der Waals surface area contributed by atoms with Crippen LogP contribution in [0.2, 0.25) is 5.02 Å². The summed E-state index contributed by atoms with van der Waals surface area (Å²) in [5, 5.41) is 16.2. The number of amides is 1. The molecule has 1 aliphatic heterocycles. The molecule has 1 unspecified atom stereocenters. The van der Waals surface area contributed by atoms with E-state index < -0.39 is 35.7 Å². The molecular weight excluding hydrogens is 686 g/mol. The van der Waals surface area contributed by atoms with Gasteiger partial charge in [-0.05, 0) is 36.4 Å². The third-order valence-corrected chi connectivity index (χ3v) is 8.50. The van der Waals surface area contributed by atoms with Crippen LogP contribution in [0.25, 0.3) is 22.1 Å². The Labute approximate surface area is 268 Å². The van der Waals surface area contributed by atoms with Crippen LogP contribution in [0.1, 0.15) is 12.6 Å². The second kappa shape index (κ2) is 13.0. The molecule has 1 saturated carbocycles. The molecule has 0 spiro atoms. The Hall–Kier alpha value is -4.43. The van der Waals surface area contributed by atoms with Crippen molar-refractivity contribution in [2.45, 2.75) is 41.3 Å². The quantitative estimate of drug-likeness (QED) is 0.148. The van der Waals surface area contributed by atoms with Crippen LogP contribution in [0.5, 0.6) is 0 Å². The van der Waals surface area contributed by atoms with Crippen molar-refractivity contribution < 1.29 is 50.9 Å². The van der Waals surface area contributed by atoms with Crippen LogP contribution >= 0.6 is 23.4 Å². The van der Waals surface area contributed by atoms with Crippen LogP contribution in [0.15, 0.2) is 40.6 Å². The lowest BCUT2D eigenvalue weighted by molar-refractivity contribution is -0.193. The molecule has 7 N–H and O–H groups in total. The van der Waals surface area contributed by atoms with Crippen molar-refractivity contribution in [1.29, 1.82) is 0 Å². The van der Waals surface area contributed by atoms with E-state index in [9.17, 15) is 31.1 Å². The van der Waals surface area contributed by atoms with Crippen LogP contribution in [0.3, 0.4) is 0 Å². The first-order valence-corrected chi connectivity index (χ1v) is 14.4. The van der Waals surface area contributed by atoms with Gasteiger partial charge < -0.3 is 31.6 Å². The molecule has 1 amide bonds. The Bertz CT molecular complexity index is 1820. The smallest absolute Gasteiger partial charge is 0.475 e. The molecule has 0 bridgehead atoms. The first-order chi connectivity index (χ1) is 21.8. The molecule has 5 heterocycles. The lowest BCUT2D eigenvalue weighted by atomic mass is 10.1. The maximum absolute atomic E-state index is 11.8. The second-order valence-electron chi connectivity index (χ2n) is 10.2. The number of aromatic nitrogens is 5. The van der Waals surface area contributed by atoms with Crippen molar-refractivity contribution in [2.24, 2.45) is 23.3 Å². The number of anilines is 1. The number of carbonyl (C=O) groups excluding carboxylic acids is 1. The summed E-state index contributed by atoms with van der Waals surface area (Å²) in [5.74, 6) is -5.16. The number of alkyl halides is 6. The molecule has 21 heteroatoms. The number of carboxylic acids is 2. The van der Waals surface area contributed by atoms with E-state index in [-0.39, 0.29) is 11.8 Å². The van der Waals surface area contributed by atoms with E-state index in [1.807, 2.05) is 25.1 Å². The van der Waals surface area contributed by atoms with Crippen molar-refractivity contribution in [1.82, 2.24) is 24.9 Å². The predicted octanol–water partition coefficient (Wildman–Crippen LogP) is 3.78. The van der Waals surface area contributed by atoms with E-state index in [2.05, 4.69) is 19.9 Å². The number of nitrogens with zero attached hydrogens (tertiary/aromatic N) is 5. The van der Waals surface area contributed by atoms with E-state index in [0.717, 1.165) is 39.2 Å². The summed E-state index contributed by atoms with van der Waals surface area (Å²) in [4.78, 5) is 54.5. The van der Waals surface area contributed by atoms with Crippen molar-refractivity contribution in [3.8, 4) is 0 Å². The first kappa shape index (κ1) is 35.4. The highest BCUT2D eigenvalue weighted by Gasteiger charge is 2.70. The number of aryl methyl sites for hydroxylation is 1. The predicted molar refractivity (Wildman–Crippen MR) is 155 cm³/mol. The molecule has 6 rings (SSSR count). The van der Waals surface area contributed by atoms with E-state index in [1.165, 1.54) is 11.8 Å². The number of aromatic amines is 1. The van der Waals surface area contributed by atoms with Crippen LogP contribution in [-0.4, -0.2) is 84.0 Å². The third kappa shape index (κ3) is 7.43. The van der Waals surface area contributed by atoms with Crippen LogP contribution in [-0.2, 0) is 20.8 Å². The summed E-state index contributed by atoms with van der Waals surface area (Å²) in [6.45, 7) is 3.24. The molecule has 2 aliphatic rings. The molecule has 13 nitrogen and oxygen atoms in total. The van der Waals surface area contributed by atoms with Crippen LogP contribution < -0.4 is 16.4 Å². The molecule has 0 radical (unpaired) electrons. The highest BCUT2D eigenvalue weighted by molar-refractivity contribution is 7.99. The fourth-order valence-corrected chi connectivity index (χ4v) is 6.00. The third-order valence-electron chi connectivity index (χ3n) is 7.26. The highest BCUT2D eigenvalue weighted by atomic mass is 35.5. The minimum atomic E-state index is -5.08. The standard InChI is InChI=1S/C22H21ClN8OS.2C2HF3O2/c1-2-13-17(23)16-18(28-13)29-21(33-10-6-15-14(27-7-10)4-3-5-26-15)30-19(16)31-8-11-12(9-31)22(11,25)20(24)32;2*3-2(4,5)1(6)7/h3-7,11-12H,2,8-9,25H2,1H3,(H2,24,32)(H,28,29,30);2*(H,6,7)/t11-,12+,22?;;. The average Bonchev–Trinajstić information content (AvgIpc) is 3.28. The molecule has 252 valence electrons. The number of rotatable bonds is 5. The molecular formula is C26H23ClF6N8O5S. The number of halogens is 7. The van der Waals surface area contributed by atoms with Crippen molar-refractivity contribution in [2.75, 3.05) is 18.0 Å². The van der Waals surface area contributed by atoms with Crippen molar-refractivity contribution >= 4 is 69.1 Å². The lowest BCUT2D eigenvalue weighted by Crippen LogP contribution is -2.47. The van der Waals surface area contributed by atoms with Crippen LogP contribution in [0, 0.1) is 11.8 Å². The summed E-state index contributed by atoms with van der Waals surface area (Å²) in [7, 11) is 0. The van der Waals surface area contributed by atoms with Gasteiger partial charge in [-0.2, -0.15) is 26.3 Å². The van der Waals surface area contributed by atoms with Gasteiger partial charge in [0.05, 0.1) is 21.4 Å². The number of nitrogens with two attached hydrogens (primary N) is 2. The summed E-state index contributed by atoms with van der Waals surface area (Å²) in [6.07, 6.45) is -5.88. The lowest BCUT2D eigenvalue weighted by Gasteiger charge is -2.24. The molecule has 1 saturated heterocycles. The Balaban J connectivity index is 0.000000301. The molecule has 47 heavy (non-hydrogen) atoms. The Morgan fingerprint density at radius 3 is 2.15 bits per heavy atom. The number of pyridine rings is 2. The molecule has 1 aliphatic carbocycles. The number of carbonyl (C=O) groups is 3. The molecule has 2 fully saturated rings. The number of H-pyrrole nitrogens is 1. The zero-order valence-corrected chi connectivity index (χ0v) is 25.3. The summed E-state index contributed by atoms with van der Waals surface area (Å²) >= 11 is 8.13. The van der Waals surface area contributed by atoms with Gasteiger partial charge in [-0.15, -0.1) is 0 Å². The normalized spacial score (nSPS) is 20.1. The summed E-state index contributed by atoms with van der Waals surface area (Å²) in [5.41, 5.74) is 14.1. The van der Waals surface area contributed by atoms with Gasteiger partial charge >= 0.3 is 24.3 Å². The second-order valence-corrected chi connectivity index (χ2v) is 11.6. The maximum Gasteiger partial charge on any atom is 0.490 e. The number of piperidine rings is 1. The van der Waals surface area contributed by atoms with Gasteiger partial charge in [-0.25, -0.2) is 19.6 Å². The number of nitrogens with one attached hydrogen (secondary N) is 1. The van der Waals surface area contributed by atoms with E-state index >= 15 is 0 Å². The minimum Gasteiger partial charge on any atom is -0.475 e. The number of hydrogen-bond donors (Lipinski definition) is 5. The van der Waals surface area contributed by atoms with E-state index in [1.54, 1.807) is 12.4 Å². The van der Waals surface area contributed by atoms with Gasteiger partial charge in [0.15, 0.2) is 5.16 Å². The van der Waals surface area contributed by atoms with Crippen molar-refractivity contribution in [3.05, 3.63) is 41.3 Å². The molecule has 4 aromatic rings. The van der Waals surface area contributed by atoms with Crippen LogP contribution in [0.4, 0.5) is 32.2 Å². The van der Waals surface area contributed by atoms with Gasteiger partial charge in [0.1, 0.15) is 17.0 Å². The largest absolute Gasteiger partial charge is 0.490 e. The number of carboxylic acid groups (broad SMARTS) is 2. The molecule has 4 aromatic heterocycles. The Morgan fingerprint density at radius 1 is 1.06 bits per heavy atom. The van der Waals surface area contributed by atoms with E-state index in [0.29, 0.717) is 28.9 Å². The Kier molecular flexibility index (Phi) is 9.79. The molecule has 0 aromatic carbocycles. The number of primary amides is 1. The molecule has 3 atom stereocenters.